The summed E-state index contributed by atoms with van der Waals surface area (Å²) in [5.74, 6) is 0.954. The molecule has 5 nitrogen and oxygen atoms in total. The van der Waals surface area contributed by atoms with Gasteiger partial charge in [0.15, 0.2) is 5.75 Å². The van der Waals surface area contributed by atoms with Crippen LogP contribution in [-0.2, 0) is 11.2 Å². The molecule has 1 aromatic heterocycles. The maximum Gasteiger partial charge on any atom is 0.252 e. The van der Waals surface area contributed by atoms with Gasteiger partial charge in [0.25, 0.3) is 5.56 Å². The molecule has 5 rings (SSSR count). The van der Waals surface area contributed by atoms with Gasteiger partial charge in [0.05, 0.1) is 7.11 Å². The molecule has 1 amide bonds. The van der Waals surface area contributed by atoms with Crippen LogP contribution in [0.2, 0.25) is 0 Å². The van der Waals surface area contributed by atoms with Crippen molar-refractivity contribution < 1.29 is 9.53 Å². The monoisotopic (exact) mass is 456 g/mol. The molecule has 1 atom stereocenters. The third-order valence-electron chi connectivity index (χ3n) is 6.02. The Kier molecular flexibility index (Phi) is 5.68. The number of methoxy groups -OCH3 is 1. The van der Waals surface area contributed by atoms with Gasteiger partial charge in [-0.1, -0.05) is 60.2 Å². The fraction of sp³-hybridized carbons (Fsp3) is 0.185. The second-order valence-electron chi connectivity index (χ2n) is 8.21. The largest absolute Gasteiger partial charge is 0.494 e. The molecule has 1 aliphatic heterocycles. The van der Waals surface area contributed by atoms with E-state index in [9.17, 15) is 9.59 Å². The Bertz CT molecular complexity index is 1400. The number of hydrogen-bond acceptors (Lipinski definition) is 4. The third-order valence-corrected chi connectivity index (χ3v) is 7.15. The van der Waals surface area contributed by atoms with Crippen molar-refractivity contribution in [1.82, 2.24) is 4.57 Å². The molecule has 6 heteroatoms. The van der Waals surface area contributed by atoms with E-state index < -0.39 is 6.04 Å². The molecule has 2 heterocycles. The predicted molar refractivity (Wildman–Crippen MR) is 134 cm³/mol. The summed E-state index contributed by atoms with van der Waals surface area (Å²) in [4.78, 5) is 26.2. The van der Waals surface area contributed by atoms with Crippen LogP contribution in [0.3, 0.4) is 0 Å². The first-order valence-corrected chi connectivity index (χ1v) is 11.8. The highest BCUT2D eigenvalue weighted by Crippen LogP contribution is 2.41. The van der Waals surface area contributed by atoms with Gasteiger partial charge in [0.2, 0.25) is 5.91 Å². The van der Waals surface area contributed by atoms with E-state index in [0.29, 0.717) is 22.9 Å². The molecule has 0 spiro atoms. The van der Waals surface area contributed by atoms with Gasteiger partial charge in [-0.25, -0.2) is 0 Å². The molecular formula is C27H24N2O3S. The normalized spacial score (nSPS) is 14.8. The van der Waals surface area contributed by atoms with E-state index >= 15 is 0 Å². The van der Waals surface area contributed by atoms with Crippen LogP contribution >= 0.6 is 11.8 Å². The van der Waals surface area contributed by atoms with Crippen molar-refractivity contribution in [3.63, 3.8) is 0 Å². The number of nitrogens with zero attached hydrogens (tertiary/aromatic N) is 1. The van der Waals surface area contributed by atoms with Gasteiger partial charge in [-0.15, -0.1) is 11.8 Å². The Balaban J connectivity index is 1.49. The van der Waals surface area contributed by atoms with Crippen molar-refractivity contribution in [1.29, 1.82) is 0 Å². The average molecular weight is 457 g/mol. The molecule has 0 saturated heterocycles. The number of amides is 1. The van der Waals surface area contributed by atoms with Crippen molar-refractivity contribution >= 4 is 34.1 Å². The van der Waals surface area contributed by atoms with Crippen LogP contribution < -0.4 is 15.6 Å². The van der Waals surface area contributed by atoms with E-state index in [4.69, 9.17) is 4.74 Å². The first-order valence-electron chi connectivity index (χ1n) is 10.8. The number of benzene rings is 3. The third kappa shape index (κ3) is 4.02. The van der Waals surface area contributed by atoms with E-state index in [0.717, 1.165) is 33.2 Å². The molecule has 4 aromatic rings. The number of nitrogens with one attached hydrogen (secondary N) is 1. The van der Waals surface area contributed by atoms with Gasteiger partial charge in [-0.05, 0) is 35.4 Å². The summed E-state index contributed by atoms with van der Waals surface area (Å²) in [6, 6.07) is 23.1. The summed E-state index contributed by atoms with van der Waals surface area (Å²) in [6.45, 7) is 2.00. The Labute approximate surface area is 196 Å². The number of carbonyl (C=O) groups is 1. The van der Waals surface area contributed by atoms with Crippen LogP contribution in [0.15, 0.2) is 82.6 Å². The lowest BCUT2D eigenvalue weighted by atomic mass is 9.98. The molecule has 0 fully saturated rings. The molecular weight excluding hydrogens is 432 g/mol. The molecule has 166 valence electrons. The van der Waals surface area contributed by atoms with Crippen LogP contribution in [0.4, 0.5) is 5.69 Å². The van der Waals surface area contributed by atoms with Gasteiger partial charge in [0.1, 0.15) is 11.1 Å². The first kappa shape index (κ1) is 21.3. The lowest BCUT2D eigenvalue weighted by Crippen LogP contribution is -2.32. The summed E-state index contributed by atoms with van der Waals surface area (Å²) < 4.78 is 7.34. The molecule has 0 aliphatic carbocycles. The summed E-state index contributed by atoms with van der Waals surface area (Å²) in [5, 5.41) is 5.97. The fourth-order valence-electron chi connectivity index (χ4n) is 4.35. The quantitative estimate of drug-likeness (QED) is 0.449. The van der Waals surface area contributed by atoms with Crippen LogP contribution in [0.1, 0.15) is 22.7 Å². The van der Waals surface area contributed by atoms with E-state index in [-0.39, 0.29) is 11.5 Å². The minimum Gasteiger partial charge on any atom is -0.494 e. The molecule has 0 unspecified atom stereocenters. The van der Waals surface area contributed by atoms with Crippen LogP contribution in [-0.4, -0.2) is 23.3 Å². The van der Waals surface area contributed by atoms with Gasteiger partial charge < -0.3 is 10.1 Å². The number of aromatic nitrogens is 1. The van der Waals surface area contributed by atoms with Crippen LogP contribution in [0, 0.1) is 6.92 Å². The smallest absolute Gasteiger partial charge is 0.252 e. The first-order chi connectivity index (χ1) is 16.0. The molecule has 33 heavy (non-hydrogen) atoms. The standard InChI is InChI=1S/C27H24N2O3S/c1-17-10-12-21(13-11-17)28-26(31)23-16-33-27-25(32-2)20(15-24(30)29(23)27)14-19-8-5-7-18-6-3-4-9-22(18)19/h3-13,15,23H,14,16H2,1-2H3,(H,28,31)/t23-/m0/s1. The molecule has 0 bridgehead atoms. The summed E-state index contributed by atoms with van der Waals surface area (Å²) in [5.41, 5.74) is 3.62. The zero-order valence-corrected chi connectivity index (χ0v) is 19.3. The van der Waals surface area contributed by atoms with Crippen molar-refractivity contribution in [2.45, 2.75) is 24.4 Å². The number of thioether (sulfide) groups is 1. The topological polar surface area (TPSA) is 60.3 Å². The zero-order chi connectivity index (χ0) is 22.9. The Hall–Kier alpha value is -3.51. The van der Waals surface area contributed by atoms with Gasteiger partial charge >= 0.3 is 0 Å². The summed E-state index contributed by atoms with van der Waals surface area (Å²) in [7, 11) is 1.62. The highest BCUT2D eigenvalue weighted by Gasteiger charge is 2.33. The van der Waals surface area contributed by atoms with E-state index in [1.807, 2.05) is 49.4 Å². The number of fused-ring (bicyclic) bond motifs is 2. The number of rotatable bonds is 5. The summed E-state index contributed by atoms with van der Waals surface area (Å²) >= 11 is 1.49. The lowest BCUT2D eigenvalue weighted by molar-refractivity contribution is -0.118. The SMILES string of the molecule is COc1c(Cc2cccc3ccccc23)cc(=O)n2c1SC[C@H]2C(=O)Nc1ccc(C)cc1. The number of hydrogen-bond donors (Lipinski definition) is 1. The van der Waals surface area contributed by atoms with Crippen LogP contribution in [0.5, 0.6) is 5.75 Å². The second-order valence-corrected chi connectivity index (χ2v) is 9.22. The van der Waals surface area contributed by atoms with Crippen molar-refractivity contribution in [2.24, 2.45) is 0 Å². The minimum atomic E-state index is -0.584. The maximum absolute atomic E-state index is 13.2. The van der Waals surface area contributed by atoms with Crippen molar-refractivity contribution in [3.8, 4) is 5.75 Å². The average Bonchev–Trinajstić information content (AvgIpc) is 3.27. The lowest BCUT2D eigenvalue weighted by Gasteiger charge is -2.17. The predicted octanol–water partition coefficient (Wildman–Crippen LogP) is 5.19. The molecule has 1 N–H and O–H groups in total. The Morgan fingerprint density at radius 1 is 1.06 bits per heavy atom. The zero-order valence-electron chi connectivity index (χ0n) is 18.5. The van der Waals surface area contributed by atoms with E-state index in [2.05, 4.69) is 29.6 Å². The highest BCUT2D eigenvalue weighted by atomic mass is 32.2. The Morgan fingerprint density at radius 2 is 1.82 bits per heavy atom. The number of ether oxygens (including phenoxy) is 1. The molecule has 0 radical (unpaired) electrons. The van der Waals surface area contributed by atoms with Gasteiger partial charge in [-0.2, -0.15) is 0 Å². The highest BCUT2D eigenvalue weighted by molar-refractivity contribution is 7.99. The number of anilines is 1. The van der Waals surface area contributed by atoms with Crippen LogP contribution in [0.25, 0.3) is 10.8 Å². The number of carbonyl (C=O) groups excluding carboxylic acids is 1. The molecule has 0 saturated carbocycles. The van der Waals surface area contributed by atoms with E-state index in [1.165, 1.54) is 11.8 Å². The Morgan fingerprint density at radius 3 is 2.61 bits per heavy atom. The maximum atomic E-state index is 13.2. The molecule has 1 aliphatic rings. The van der Waals surface area contributed by atoms with Crippen molar-refractivity contribution in [3.05, 3.63) is 99.8 Å². The minimum absolute atomic E-state index is 0.185. The van der Waals surface area contributed by atoms with Gasteiger partial charge in [0, 0.05) is 29.5 Å². The molecule has 3 aromatic carbocycles. The summed E-state index contributed by atoms with van der Waals surface area (Å²) in [6.07, 6.45) is 0.578. The van der Waals surface area contributed by atoms with E-state index in [1.54, 1.807) is 17.7 Å². The van der Waals surface area contributed by atoms with Crippen molar-refractivity contribution in [2.75, 3.05) is 18.2 Å². The number of pyridine rings is 1. The second kappa shape index (κ2) is 8.79. The van der Waals surface area contributed by atoms with Gasteiger partial charge in [-0.3, -0.25) is 14.2 Å². The number of aryl methyl sites for hydroxylation is 1. The fourth-order valence-corrected chi connectivity index (χ4v) is 5.67.